The molecule has 13 nitrogen and oxygen atoms in total. The molecule has 0 radical (unpaired) electrons. The maximum Gasteiger partial charge on any atom is 0.265 e. The van der Waals surface area contributed by atoms with E-state index in [1.165, 1.54) is 0 Å². The number of rotatable bonds is 12. The van der Waals surface area contributed by atoms with Crippen LogP contribution >= 0.6 is 11.6 Å². The van der Waals surface area contributed by atoms with Gasteiger partial charge in [0.25, 0.3) is 20.2 Å². The van der Waals surface area contributed by atoms with Gasteiger partial charge >= 0.3 is 0 Å². The van der Waals surface area contributed by atoms with Crippen molar-refractivity contribution in [3.05, 3.63) is 81.6 Å². The average Bonchev–Trinajstić information content (AvgIpc) is 3.85. The molecule has 0 unspecified atom stereocenters. The normalized spacial score (nSPS) is 21.5. The Balaban J connectivity index is 1.26. The first-order valence-electron chi connectivity index (χ1n) is 18.3. The molecule has 0 saturated carbocycles. The summed E-state index contributed by atoms with van der Waals surface area (Å²) < 4.78 is 90.4. The monoisotopic (exact) mass is 816 g/mol. The molecule has 2 aromatic carbocycles. The van der Waals surface area contributed by atoms with E-state index >= 15 is 0 Å². The second-order valence-corrected chi connectivity index (χ2v) is 18.9. The van der Waals surface area contributed by atoms with Gasteiger partial charge in [-0.1, -0.05) is 38.4 Å². The van der Waals surface area contributed by atoms with Crippen LogP contribution in [-0.4, -0.2) is 98.9 Å². The van der Waals surface area contributed by atoms with Gasteiger partial charge in [-0.3, -0.25) is 14.0 Å². The Morgan fingerprint density at radius 1 is 0.800 bits per heavy atom. The number of allylic oxidation sites excluding steroid dienone is 4. The third kappa shape index (κ3) is 7.79. The minimum atomic E-state index is -4.14. The lowest BCUT2D eigenvalue weighted by molar-refractivity contribution is -0.437. The van der Waals surface area contributed by atoms with Crippen LogP contribution in [0.3, 0.4) is 0 Å². The van der Waals surface area contributed by atoms with Crippen LogP contribution in [0.15, 0.2) is 70.4 Å². The fourth-order valence-corrected chi connectivity index (χ4v) is 9.36. The Bertz CT molecular complexity index is 2310. The summed E-state index contributed by atoms with van der Waals surface area (Å²) in [7, 11) is -8.28. The molecule has 0 fully saturated rings. The number of hydrogen-bond donors (Lipinski definition) is 2. The van der Waals surface area contributed by atoms with Gasteiger partial charge in [-0.15, -0.1) is 0 Å². The highest BCUT2D eigenvalue weighted by Gasteiger charge is 2.46. The molecule has 2 aromatic rings. The van der Waals surface area contributed by atoms with Gasteiger partial charge in [0.2, 0.25) is 19.3 Å². The first kappa shape index (κ1) is 39.4. The number of likely N-dealkylation sites (N-methyl/N-ethyl adjacent to an activating group) is 1. The number of fused-ring (bicyclic) bond motifs is 4. The van der Waals surface area contributed by atoms with Gasteiger partial charge in [0.1, 0.15) is 6.54 Å². The number of hydrogen-bond acceptors (Lipinski definition) is 10. The van der Waals surface area contributed by atoms with Gasteiger partial charge in [-0.05, 0) is 67.8 Å². The van der Waals surface area contributed by atoms with Crippen molar-refractivity contribution in [1.82, 2.24) is 4.90 Å². The second-order valence-electron chi connectivity index (χ2n) is 15.4. The molecule has 55 heavy (non-hydrogen) atoms. The first-order valence-corrected chi connectivity index (χ1v) is 21.9. The van der Waals surface area contributed by atoms with Crippen LogP contribution in [0.5, 0.6) is 23.0 Å². The van der Waals surface area contributed by atoms with Gasteiger partial charge < -0.3 is 23.8 Å². The van der Waals surface area contributed by atoms with Gasteiger partial charge in [0.15, 0.2) is 28.7 Å². The Labute approximate surface area is 327 Å². The van der Waals surface area contributed by atoms with Crippen molar-refractivity contribution in [2.45, 2.75) is 58.3 Å². The molecule has 5 aliphatic heterocycles. The Morgan fingerprint density at radius 3 is 2.04 bits per heavy atom. The summed E-state index contributed by atoms with van der Waals surface area (Å²) in [5.41, 5.74) is 6.52. The topological polar surface area (TPSA) is 155 Å². The number of nitrogens with zero attached hydrogens (tertiary/aromatic N) is 3. The molecule has 0 aromatic heterocycles. The number of anilines is 1. The minimum Gasteiger partial charge on any atom is -0.454 e. The van der Waals surface area contributed by atoms with E-state index in [9.17, 15) is 25.9 Å². The van der Waals surface area contributed by atoms with Gasteiger partial charge in [0, 0.05) is 65.6 Å². The van der Waals surface area contributed by atoms with E-state index in [-0.39, 0.29) is 37.9 Å². The number of ether oxygens (including phenoxy) is 4. The van der Waals surface area contributed by atoms with Crippen molar-refractivity contribution >= 4 is 48.9 Å². The van der Waals surface area contributed by atoms with Crippen LogP contribution in [0.2, 0.25) is 0 Å². The predicted octanol–water partition coefficient (Wildman–Crippen LogP) is 6.07. The summed E-state index contributed by atoms with van der Waals surface area (Å²) in [6, 6.07) is 7.82. The third-order valence-electron chi connectivity index (χ3n) is 11.0. The smallest absolute Gasteiger partial charge is 0.265 e. The second kappa shape index (κ2) is 14.6. The highest BCUT2D eigenvalue weighted by molar-refractivity contribution is 7.86. The fraction of sp³-hybridized carbons (Fsp3) is 0.462. The minimum absolute atomic E-state index is 0.132. The van der Waals surface area contributed by atoms with Gasteiger partial charge in [-0.25, -0.2) is 0 Å². The lowest BCUT2D eigenvalue weighted by atomic mass is 9.81. The molecular formula is C39H47ClN3O10S2+. The van der Waals surface area contributed by atoms with Crippen molar-refractivity contribution in [3.63, 3.8) is 0 Å². The fourth-order valence-electron chi connectivity index (χ4n) is 8.13. The standard InChI is InChI=1S/C39H46ClN3O10S2/c1-6-41-21-25(9-11-35-38(2,3)27-17-31-33(52-23-50-31)19-29(27)42(35)13-7-15-54(44,45)46)37(40)26(22-41)10-12-36-39(4,5)28-18-32-34(53-24-51-32)20-30(28)43(36)14-8-16-55(47,48)49/h9-12,17-20H,6-8,13-16,21-24H2,1-5H3,(H-,44,45,46,47,48,49)/p+1. The zero-order chi connectivity index (χ0) is 39.5. The Kier molecular flexibility index (Phi) is 10.4. The molecule has 0 amide bonds. The van der Waals surface area contributed by atoms with Crippen LogP contribution in [-0.2, 0) is 31.1 Å². The van der Waals surface area contributed by atoms with E-state index in [0.717, 1.165) is 51.6 Å². The number of halogens is 1. The molecular weight excluding hydrogens is 770 g/mol. The molecule has 0 spiro atoms. The van der Waals surface area contributed by atoms with Crippen molar-refractivity contribution < 1.29 is 49.5 Å². The van der Waals surface area contributed by atoms with Gasteiger partial charge in [-0.2, -0.15) is 21.4 Å². The van der Waals surface area contributed by atoms with Crippen molar-refractivity contribution in [3.8, 4) is 23.0 Å². The van der Waals surface area contributed by atoms with E-state index < -0.39 is 31.1 Å². The van der Waals surface area contributed by atoms with Crippen molar-refractivity contribution in [1.29, 1.82) is 0 Å². The first-order chi connectivity index (χ1) is 25.9. The molecule has 0 saturated heterocycles. The summed E-state index contributed by atoms with van der Waals surface area (Å²) in [5.74, 6) is 1.83. The molecule has 0 atom stereocenters. The molecule has 5 heterocycles. The Hall–Kier alpha value is -3.86. The Morgan fingerprint density at radius 2 is 1.40 bits per heavy atom. The predicted molar refractivity (Wildman–Crippen MR) is 211 cm³/mol. The highest BCUT2D eigenvalue weighted by Crippen LogP contribution is 2.53. The molecule has 296 valence electrons. The van der Waals surface area contributed by atoms with E-state index in [2.05, 4.69) is 49.0 Å². The van der Waals surface area contributed by atoms with Gasteiger partial charge in [0.05, 0.1) is 23.0 Å². The third-order valence-corrected chi connectivity index (χ3v) is 13.1. The van der Waals surface area contributed by atoms with E-state index in [1.54, 1.807) is 0 Å². The quantitative estimate of drug-likeness (QED) is 0.189. The average molecular weight is 817 g/mol. The van der Waals surface area contributed by atoms with E-state index in [4.69, 9.17) is 30.5 Å². The summed E-state index contributed by atoms with van der Waals surface area (Å²) in [5, 5.41) is 0.623. The molecule has 7 rings (SSSR count). The van der Waals surface area contributed by atoms with Crippen LogP contribution in [0.25, 0.3) is 0 Å². The molecule has 0 aliphatic carbocycles. The highest BCUT2D eigenvalue weighted by atomic mass is 35.5. The molecule has 2 N–H and O–H groups in total. The SMILES string of the molecule is CCN1CC(/C=C/C2=[N+](CCCS(=O)(=O)O)c3cc4c(cc3C2(C)C)OCO4)=C(Cl)C(=C/C=C2\N(CCCS(=O)(=O)O)c3cc4c(cc3C2(C)C)OCO4)/C1. The van der Waals surface area contributed by atoms with Crippen LogP contribution in [0.1, 0.15) is 58.6 Å². The lowest BCUT2D eigenvalue weighted by Crippen LogP contribution is -2.32. The van der Waals surface area contributed by atoms with Crippen LogP contribution in [0.4, 0.5) is 11.4 Å². The summed E-state index contributed by atoms with van der Waals surface area (Å²) in [6.45, 7) is 13.5. The van der Waals surface area contributed by atoms with E-state index in [1.807, 2.05) is 48.6 Å². The largest absolute Gasteiger partial charge is 0.454 e. The zero-order valence-corrected chi connectivity index (χ0v) is 34.0. The van der Waals surface area contributed by atoms with Crippen LogP contribution in [0, 0.1) is 0 Å². The molecule has 0 bridgehead atoms. The lowest BCUT2D eigenvalue weighted by Gasteiger charge is -2.29. The summed E-state index contributed by atoms with van der Waals surface area (Å²) in [4.78, 5) is 4.37. The maximum absolute atomic E-state index is 11.6. The van der Waals surface area contributed by atoms with Crippen molar-refractivity contribution in [2.24, 2.45) is 0 Å². The van der Waals surface area contributed by atoms with Crippen LogP contribution < -0.4 is 23.8 Å². The van der Waals surface area contributed by atoms with Crippen molar-refractivity contribution in [2.75, 3.05) is 62.7 Å². The maximum atomic E-state index is 11.6. The number of benzene rings is 2. The molecule has 16 heteroatoms. The zero-order valence-electron chi connectivity index (χ0n) is 31.6. The summed E-state index contributed by atoms with van der Waals surface area (Å²) >= 11 is 7.25. The molecule has 5 aliphatic rings. The van der Waals surface area contributed by atoms with E-state index in [0.29, 0.717) is 54.2 Å². The summed E-state index contributed by atoms with van der Waals surface area (Å²) in [6.07, 6.45) is 8.58.